The van der Waals surface area contributed by atoms with Crippen molar-refractivity contribution >= 4 is 23.0 Å². The van der Waals surface area contributed by atoms with Crippen LogP contribution in [-0.4, -0.2) is 11.7 Å². The highest BCUT2D eigenvalue weighted by molar-refractivity contribution is 7.14. The van der Waals surface area contributed by atoms with Gasteiger partial charge in [0, 0.05) is 17.7 Å². The minimum absolute atomic E-state index is 0.0374. The summed E-state index contributed by atoms with van der Waals surface area (Å²) in [6.45, 7) is 4.20. The monoisotopic (exact) mass is 341 g/mol. The van der Waals surface area contributed by atoms with Gasteiger partial charge in [0.2, 0.25) is 5.91 Å². The summed E-state index contributed by atoms with van der Waals surface area (Å²) in [4.78, 5) is 26.4. The van der Waals surface area contributed by atoms with Gasteiger partial charge in [-0.2, -0.15) is 0 Å². The van der Waals surface area contributed by atoms with Gasteiger partial charge >= 0.3 is 0 Å². The average Bonchev–Trinajstić information content (AvgIpc) is 3.14. The minimum Gasteiger partial charge on any atom is -0.349 e. The van der Waals surface area contributed by atoms with Gasteiger partial charge in [-0.05, 0) is 42.9 Å². The highest BCUT2D eigenvalue weighted by Gasteiger charge is 2.40. The first-order valence-corrected chi connectivity index (χ1v) is 9.30. The SMILES string of the molecule is Cc1ccc(C(=O)CCC(=O)NC(c2ccccc2)C2CC2C)s1. The van der Waals surface area contributed by atoms with Gasteiger partial charge in [-0.25, -0.2) is 0 Å². The number of Topliss-reactive ketones (excluding diaryl/α,β-unsaturated/α-hetero) is 1. The van der Waals surface area contributed by atoms with Gasteiger partial charge in [-0.1, -0.05) is 37.3 Å². The molecular weight excluding hydrogens is 318 g/mol. The molecule has 0 bridgehead atoms. The molecule has 3 rings (SSSR count). The summed E-state index contributed by atoms with van der Waals surface area (Å²) in [6.07, 6.45) is 1.67. The molecule has 1 N–H and O–H groups in total. The Morgan fingerprint density at radius 1 is 1.17 bits per heavy atom. The van der Waals surface area contributed by atoms with E-state index in [0.29, 0.717) is 11.8 Å². The van der Waals surface area contributed by atoms with Crippen molar-refractivity contribution < 1.29 is 9.59 Å². The number of benzene rings is 1. The zero-order valence-corrected chi connectivity index (χ0v) is 14.9. The molecule has 24 heavy (non-hydrogen) atoms. The lowest BCUT2D eigenvalue weighted by Crippen LogP contribution is -2.30. The molecule has 1 aliphatic rings. The number of ketones is 1. The van der Waals surface area contributed by atoms with Gasteiger partial charge in [0.05, 0.1) is 10.9 Å². The van der Waals surface area contributed by atoms with E-state index in [1.807, 2.05) is 37.3 Å². The standard InChI is InChI=1S/C20H23NO2S/c1-13-12-16(13)20(15-6-4-3-5-7-15)21-19(23)11-9-17(22)18-10-8-14(2)24-18/h3-8,10,13,16,20H,9,11-12H2,1-2H3,(H,21,23). The summed E-state index contributed by atoms with van der Waals surface area (Å²) >= 11 is 1.49. The second-order valence-electron chi connectivity index (χ2n) is 6.67. The van der Waals surface area contributed by atoms with Crippen LogP contribution in [0.3, 0.4) is 0 Å². The third-order valence-electron chi connectivity index (χ3n) is 4.67. The Balaban J connectivity index is 1.57. The molecule has 0 spiro atoms. The number of nitrogens with one attached hydrogen (secondary N) is 1. The van der Waals surface area contributed by atoms with E-state index in [0.717, 1.165) is 21.7 Å². The lowest BCUT2D eigenvalue weighted by atomic mass is 10.0. The molecular formula is C20H23NO2S. The molecule has 1 aromatic heterocycles. The van der Waals surface area contributed by atoms with Crippen LogP contribution in [0, 0.1) is 18.8 Å². The largest absolute Gasteiger partial charge is 0.349 e. The van der Waals surface area contributed by atoms with Crippen molar-refractivity contribution in [2.24, 2.45) is 11.8 Å². The number of thiophene rings is 1. The summed E-state index contributed by atoms with van der Waals surface area (Å²) in [5.74, 6) is 1.17. The van der Waals surface area contributed by atoms with Crippen LogP contribution in [0.4, 0.5) is 0 Å². The Labute approximate surface area is 147 Å². The summed E-state index contributed by atoms with van der Waals surface area (Å²) in [5, 5.41) is 3.15. The molecule has 3 atom stereocenters. The van der Waals surface area contributed by atoms with Gasteiger partial charge in [0.1, 0.15) is 0 Å². The Bertz CT molecular complexity index is 722. The Morgan fingerprint density at radius 2 is 1.88 bits per heavy atom. The van der Waals surface area contributed by atoms with Crippen LogP contribution >= 0.6 is 11.3 Å². The maximum Gasteiger partial charge on any atom is 0.220 e. The smallest absolute Gasteiger partial charge is 0.220 e. The molecule has 1 aromatic carbocycles. The summed E-state index contributed by atoms with van der Waals surface area (Å²) in [6, 6.07) is 14.0. The average molecular weight is 341 g/mol. The van der Waals surface area contributed by atoms with E-state index in [9.17, 15) is 9.59 Å². The fourth-order valence-electron chi connectivity index (χ4n) is 3.09. The van der Waals surface area contributed by atoms with Gasteiger partial charge in [0.15, 0.2) is 5.78 Å². The summed E-state index contributed by atoms with van der Waals surface area (Å²) in [7, 11) is 0. The maximum atomic E-state index is 12.3. The Kier molecular flexibility index (Phi) is 5.14. The van der Waals surface area contributed by atoms with Crippen molar-refractivity contribution in [2.75, 3.05) is 0 Å². The molecule has 1 saturated carbocycles. The molecule has 1 fully saturated rings. The zero-order chi connectivity index (χ0) is 17.1. The first kappa shape index (κ1) is 16.9. The second-order valence-corrected chi connectivity index (χ2v) is 7.95. The topological polar surface area (TPSA) is 46.2 Å². The van der Waals surface area contributed by atoms with E-state index in [4.69, 9.17) is 0 Å². The van der Waals surface area contributed by atoms with Crippen LogP contribution in [-0.2, 0) is 4.79 Å². The van der Waals surface area contributed by atoms with Gasteiger partial charge in [0.25, 0.3) is 0 Å². The lowest BCUT2D eigenvalue weighted by Gasteiger charge is -2.19. The van der Waals surface area contributed by atoms with E-state index < -0.39 is 0 Å². The van der Waals surface area contributed by atoms with Crippen molar-refractivity contribution in [1.29, 1.82) is 0 Å². The van der Waals surface area contributed by atoms with Crippen molar-refractivity contribution in [3.8, 4) is 0 Å². The van der Waals surface area contributed by atoms with Gasteiger partial charge in [-0.15, -0.1) is 11.3 Å². The summed E-state index contributed by atoms with van der Waals surface area (Å²) < 4.78 is 0. The third-order valence-corrected chi connectivity index (χ3v) is 5.71. The minimum atomic E-state index is -0.0374. The number of rotatable bonds is 7. The second kappa shape index (κ2) is 7.31. The normalized spacial score (nSPS) is 20.4. The Hall–Kier alpha value is -1.94. The highest BCUT2D eigenvalue weighted by Crippen LogP contribution is 2.46. The van der Waals surface area contributed by atoms with Gasteiger partial charge in [-0.3, -0.25) is 9.59 Å². The molecule has 4 heteroatoms. The van der Waals surface area contributed by atoms with Gasteiger partial charge < -0.3 is 5.32 Å². The quantitative estimate of drug-likeness (QED) is 0.752. The van der Waals surface area contributed by atoms with Crippen LogP contribution in [0.2, 0.25) is 0 Å². The number of hydrogen-bond acceptors (Lipinski definition) is 3. The fraction of sp³-hybridized carbons (Fsp3) is 0.400. The van der Waals surface area contributed by atoms with Crippen LogP contribution < -0.4 is 5.32 Å². The molecule has 1 amide bonds. The number of carbonyl (C=O) groups excluding carboxylic acids is 2. The molecule has 3 nitrogen and oxygen atoms in total. The number of carbonyl (C=O) groups is 2. The molecule has 3 unspecified atom stereocenters. The summed E-state index contributed by atoms with van der Waals surface area (Å²) in [5.41, 5.74) is 1.15. The van der Waals surface area contributed by atoms with Crippen molar-refractivity contribution in [3.63, 3.8) is 0 Å². The number of aryl methyl sites for hydroxylation is 1. The third kappa shape index (κ3) is 4.12. The molecule has 0 aliphatic heterocycles. The maximum absolute atomic E-state index is 12.3. The predicted molar refractivity (Wildman–Crippen MR) is 97.2 cm³/mol. The molecule has 1 aliphatic carbocycles. The molecule has 0 saturated heterocycles. The molecule has 0 radical (unpaired) electrons. The van der Waals surface area contributed by atoms with Crippen LogP contribution in [0.25, 0.3) is 0 Å². The first-order valence-electron chi connectivity index (χ1n) is 8.48. The first-order chi connectivity index (χ1) is 11.5. The lowest BCUT2D eigenvalue weighted by molar-refractivity contribution is -0.122. The van der Waals surface area contributed by atoms with E-state index in [2.05, 4.69) is 24.4 Å². The number of amides is 1. The van der Waals surface area contributed by atoms with E-state index >= 15 is 0 Å². The van der Waals surface area contributed by atoms with Crippen molar-refractivity contribution in [1.82, 2.24) is 5.32 Å². The van der Waals surface area contributed by atoms with E-state index in [1.54, 1.807) is 0 Å². The molecule has 2 aromatic rings. The Morgan fingerprint density at radius 3 is 2.46 bits per heavy atom. The van der Waals surface area contributed by atoms with E-state index in [1.165, 1.54) is 11.3 Å². The van der Waals surface area contributed by atoms with E-state index in [-0.39, 0.29) is 30.6 Å². The number of hydrogen-bond donors (Lipinski definition) is 1. The van der Waals surface area contributed by atoms with Crippen LogP contribution in [0.5, 0.6) is 0 Å². The highest BCUT2D eigenvalue weighted by atomic mass is 32.1. The zero-order valence-electron chi connectivity index (χ0n) is 14.1. The molecule has 1 heterocycles. The predicted octanol–water partition coefficient (Wildman–Crippen LogP) is 4.53. The van der Waals surface area contributed by atoms with Crippen molar-refractivity contribution in [3.05, 3.63) is 57.8 Å². The van der Waals surface area contributed by atoms with Crippen LogP contribution in [0.1, 0.15) is 52.3 Å². The van der Waals surface area contributed by atoms with Crippen molar-refractivity contribution in [2.45, 2.75) is 39.2 Å². The molecule has 126 valence electrons. The van der Waals surface area contributed by atoms with Crippen LogP contribution in [0.15, 0.2) is 42.5 Å². The fourth-order valence-corrected chi connectivity index (χ4v) is 3.93.